The lowest BCUT2D eigenvalue weighted by atomic mass is 9.99. The second kappa shape index (κ2) is 10.5. The van der Waals surface area contributed by atoms with E-state index in [2.05, 4.69) is 32.5 Å². The van der Waals surface area contributed by atoms with E-state index in [9.17, 15) is 9.90 Å². The molecular formula is C26H29N7O3S. The summed E-state index contributed by atoms with van der Waals surface area (Å²) < 4.78 is 7.81. The molecule has 1 saturated carbocycles. The first-order valence-electron chi connectivity index (χ1n) is 11.7. The van der Waals surface area contributed by atoms with Gasteiger partial charge in [-0.1, -0.05) is 6.07 Å². The van der Waals surface area contributed by atoms with Crippen molar-refractivity contribution in [2.24, 2.45) is 5.73 Å². The van der Waals surface area contributed by atoms with Crippen molar-refractivity contribution in [3.05, 3.63) is 82.1 Å². The molecule has 192 valence electrons. The normalized spacial score (nSPS) is 12.7. The number of nitrogens with two attached hydrogens (primary N) is 1. The second-order valence-corrected chi connectivity index (χ2v) is 9.10. The average Bonchev–Trinajstić information content (AvgIpc) is 3.61. The van der Waals surface area contributed by atoms with Gasteiger partial charge in [0, 0.05) is 30.6 Å². The molecule has 0 spiro atoms. The third-order valence-corrected chi connectivity index (χ3v) is 6.29. The van der Waals surface area contributed by atoms with Crippen molar-refractivity contribution >= 4 is 36.8 Å². The van der Waals surface area contributed by atoms with Gasteiger partial charge in [0.15, 0.2) is 0 Å². The van der Waals surface area contributed by atoms with E-state index in [4.69, 9.17) is 15.9 Å². The molecule has 37 heavy (non-hydrogen) atoms. The lowest BCUT2D eigenvalue weighted by molar-refractivity contribution is 0.0682. The van der Waals surface area contributed by atoms with Gasteiger partial charge in [-0.2, -0.15) is 18.5 Å². The number of carboxylic acids is 1. The largest absolute Gasteiger partial charge is 0.475 e. The van der Waals surface area contributed by atoms with E-state index < -0.39 is 5.97 Å². The Hall–Kier alpha value is -4.12. The van der Waals surface area contributed by atoms with Crippen LogP contribution in [0.3, 0.4) is 0 Å². The van der Waals surface area contributed by atoms with Crippen LogP contribution >= 0.6 is 13.5 Å². The van der Waals surface area contributed by atoms with E-state index in [1.807, 2.05) is 42.6 Å². The van der Waals surface area contributed by atoms with Crippen LogP contribution in [0, 0.1) is 19.3 Å². The van der Waals surface area contributed by atoms with Crippen LogP contribution in [0.1, 0.15) is 62.9 Å². The highest BCUT2D eigenvalue weighted by molar-refractivity contribution is 7.59. The monoisotopic (exact) mass is 519 g/mol. The number of nitrogen functional groups attached to an aromatic ring is 1. The number of hydrogen-bond acceptors (Lipinski definition) is 7. The van der Waals surface area contributed by atoms with Crippen molar-refractivity contribution in [1.29, 1.82) is 5.41 Å². The summed E-state index contributed by atoms with van der Waals surface area (Å²) >= 11 is 0. The molecule has 0 atom stereocenters. The molecule has 0 bridgehead atoms. The summed E-state index contributed by atoms with van der Waals surface area (Å²) in [5, 5.41) is 20.3. The summed E-state index contributed by atoms with van der Waals surface area (Å²) in [5.74, 6) is -0.478. The highest BCUT2D eigenvalue weighted by Gasteiger charge is 2.23. The van der Waals surface area contributed by atoms with Crippen LogP contribution in [0.5, 0.6) is 5.88 Å². The number of amidine groups is 1. The summed E-state index contributed by atoms with van der Waals surface area (Å²) in [5.41, 5.74) is 12.1. The first-order valence-corrected chi connectivity index (χ1v) is 11.7. The van der Waals surface area contributed by atoms with Crippen LogP contribution < -0.4 is 15.8 Å². The molecule has 0 aliphatic heterocycles. The topological polar surface area (TPSA) is 152 Å². The highest BCUT2D eigenvalue weighted by Crippen LogP contribution is 2.39. The lowest BCUT2D eigenvalue weighted by Gasteiger charge is -2.14. The van der Waals surface area contributed by atoms with Crippen molar-refractivity contribution in [3.63, 3.8) is 0 Å². The minimum Gasteiger partial charge on any atom is -0.475 e. The maximum Gasteiger partial charge on any atom is 0.374 e. The van der Waals surface area contributed by atoms with Gasteiger partial charge in [-0.05, 0) is 73.1 Å². The Balaban J connectivity index is 0.00000320. The zero-order valence-electron chi connectivity index (χ0n) is 20.6. The van der Waals surface area contributed by atoms with Crippen molar-refractivity contribution in [1.82, 2.24) is 19.4 Å². The Kier molecular flexibility index (Phi) is 7.35. The first kappa shape index (κ1) is 26.0. The molecule has 3 aromatic heterocycles. The van der Waals surface area contributed by atoms with E-state index in [1.54, 1.807) is 6.07 Å². The second-order valence-electron chi connectivity index (χ2n) is 9.10. The number of ether oxygens (including phenoxy) is 1. The Bertz CT molecular complexity index is 1470. The van der Waals surface area contributed by atoms with Crippen molar-refractivity contribution in [3.8, 4) is 5.88 Å². The third kappa shape index (κ3) is 5.83. The number of nitrogens with zero attached hydrogens (tertiary/aromatic N) is 4. The zero-order valence-corrected chi connectivity index (χ0v) is 21.6. The fourth-order valence-corrected chi connectivity index (χ4v) is 4.23. The minimum absolute atomic E-state index is 0. The number of fused-ring (bicyclic) bond motifs is 1. The number of hydrogen-bond donors (Lipinski definition) is 4. The Morgan fingerprint density at radius 1 is 1.16 bits per heavy atom. The number of benzene rings is 1. The van der Waals surface area contributed by atoms with Gasteiger partial charge in [-0.15, -0.1) is 0 Å². The molecule has 1 aromatic carbocycles. The molecule has 0 saturated heterocycles. The molecule has 4 aromatic rings. The molecule has 10 nitrogen and oxygen atoms in total. The maximum atomic E-state index is 11.6. The maximum absolute atomic E-state index is 11.6. The molecule has 5 rings (SSSR count). The van der Waals surface area contributed by atoms with Crippen molar-refractivity contribution in [2.75, 3.05) is 5.32 Å². The highest BCUT2D eigenvalue weighted by atomic mass is 32.1. The van der Waals surface area contributed by atoms with Crippen LogP contribution in [0.15, 0.2) is 42.7 Å². The minimum atomic E-state index is -1.25. The summed E-state index contributed by atoms with van der Waals surface area (Å²) in [6.07, 6.45) is 6.48. The van der Waals surface area contributed by atoms with Gasteiger partial charge in [0.1, 0.15) is 23.9 Å². The van der Waals surface area contributed by atoms with Crippen LogP contribution in [0.2, 0.25) is 0 Å². The molecule has 11 heteroatoms. The van der Waals surface area contributed by atoms with Gasteiger partial charge in [0.2, 0.25) is 11.7 Å². The molecule has 1 aliphatic rings. The van der Waals surface area contributed by atoms with Crippen molar-refractivity contribution < 1.29 is 14.6 Å². The quantitative estimate of drug-likeness (QED) is 0.192. The number of anilines is 1. The van der Waals surface area contributed by atoms with Crippen LogP contribution in [0.25, 0.3) is 5.65 Å². The Morgan fingerprint density at radius 3 is 2.54 bits per heavy atom. The predicted molar refractivity (Wildman–Crippen MR) is 145 cm³/mol. The number of nitrogens with one attached hydrogen (secondary N) is 2. The zero-order chi connectivity index (χ0) is 25.4. The molecule has 3 heterocycles. The number of pyridine rings is 1. The van der Waals surface area contributed by atoms with Gasteiger partial charge in [0.05, 0.1) is 5.69 Å². The molecule has 1 aliphatic carbocycles. The number of aryl methyl sites for hydroxylation is 2. The van der Waals surface area contributed by atoms with Crippen molar-refractivity contribution in [2.45, 2.75) is 45.8 Å². The van der Waals surface area contributed by atoms with Gasteiger partial charge in [0.25, 0.3) is 0 Å². The Labute approximate surface area is 220 Å². The van der Waals surface area contributed by atoms with Crippen LogP contribution in [-0.2, 0) is 13.2 Å². The fourth-order valence-electron chi connectivity index (χ4n) is 4.23. The first-order chi connectivity index (χ1) is 17.3. The number of carbonyl (C=O) groups is 1. The molecular weight excluding hydrogens is 490 g/mol. The number of aromatic carboxylic acids is 1. The van der Waals surface area contributed by atoms with Gasteiger partial charge < -0.3 is 25.3 Å². The third-order valence-electron chi connectivity index (χ3n) is 6.29. The van der Waals surface area contributed by atoms with Gasteiger partial charge >= 0.3 is 5.97 Å². The molecule has 1 fully saturated rings. The number of rotatable bonds is 9. The van der Waals surface area contributed by atoms with E-state index in [0.29, 0.717) is 29.5 Å². The lowest BCUT2D eigenvalue weighted by Crippen LogP contribution is -2.14. The molecule has 0 unspecified atom stereocenters. The molecule has 0 radical (unpaired) electrons. The summed E-state index contributed by atoms with van der Waals surface area (Å²) in [6, 6.07) is 9.39. The summed E-state index contributed by atoms with van der Waals surface area (Å²) in [6.45, 7) is 4.42. The predicted octanol–water partition coefficient (Wildman–Crippen LogP) is 3.90. The van der Waals surface area contributed by atoms with Crippen LogP contribution in [-0.4, -0.2) is 36.3 Å². The molecule has 5 N–H and O–H groups in total. The van der Waals surface area contributed by atoms with Crippen LogP contribution in [0.4, 0.5) is 5.82 Å². The summed E-state index contributed by atoms with van der Waals surface area (Å²) in [4.78, 5) is 24.3. The van der Waals surface area contributed by atoms with E-state index in [0.717, 1.165) is 22.3 Å². The summed E-state index contributed by atoms with van der Waals surface area (Å²) in [7, 11) is 0. The average molecular weight is 520 g/mol. The number of aromatic nitrogens is 4. The fraction of sp³-hybridized carbons (Fsp3) is 0.269. The van der Waals surface area contributed by atoms with Gasteiger partial charge in [-0.3, -0.25) is 5.41 Å². The Morgan fingerprint density at radius 2 is 1.89 bits per heavy atom. The number of imidazole rings is 1. The van der Waals surface area contributed by atoms with E-state index >= 15 is 0 Å². The van der Waals surface area contributed by atoms with Gasteiger partial charge in [-0.25, -0.2) is 14.8 Å². The smallest absolute Gasteiger partial charge is 0.374 e. The number of carboxylic acid groups (broad SMARTS) is 1. The van der Waals surface area contributed by atoms with E-state index in [1.165, 1.54) is 18.4 Å². The van der Waals surface area contributed by atoms with E-state index in [-0.39, 0.29) is 37.6 Å². The molecule has 0 amide bonds. The standard InChI is InChI=1S/C26H27N7O3.H2S/c1-14-7-18(24(27)28)8-15(2)20(14)10-29-21-9-23(32-25(31-21)26(34)35)36-13-19-12-33-11-17(16-3-4-16)5-6-22(33)30-19;/h5-9,11-12,16H,3-4,10,13H2,1-2H3,(H3,27,28)(H,34,35)(H,29,31,32);1H2. The SMILES string of the molecule is Cc1cc(C(=N)N)cc(C)c1CNc1cc(OCc2cn3cc(C4CC4)ccc3n2)nc(C(=O)O)n1.S.